The molecule has 0 saturated heterocycles. The summed E-state index contributed by atoms with van der Waals surface area (Å²) >= 11 is 5.78. The molecule has 2 amide bonds. The normalized spacial score (nSPS) is 11.8. The minimum Gasteiger partial charge on any atom is -0.379 e. The van der Waals surface area contributed by atoms with Crippen LogP contribution in [-0.4, -0.2) is 6.03 Å². The zero-order valence-electron chi connectivity index (χ0n) is 11.4. The van der Waals surface area contributed by atoms with Crippen molar-refractivity contribution in [2.45, 2.75) is 13.0 Å². The molecule has 2 aromatic rings. The summed E-state index contributed by atoms with van der Waals surface area (Å²) in [7, 11) is 0. The zero-order chi connectivity index (χ0) is 15.4. The van der Waals surface area contributed by atoms with Crippen molar-refractivity contribution in [2.24, 2.45) is 5.73 Å². The van der Waals surface area contributed by atoms with E-state index in [0.29, 0.717) is 5.69 Å². The van der Waals surface area contributed by atoms with E-state index < -0.39 is 11.8 Å². The summed E-state index contributed by atoms with van der Waals surface area (Å²) in [6.07, 6.45) is 0. The van der Waals surface area contributed by atoms with Gasteiger partial charge in [-0.25, -0.2) is 9.18 Å². The van der Waals surface area contributed by atoms with Crippen molar-refractivity contribution in [3.8, 4) is 0 Å². The molecule has 1 unspecified atom stereocenters. The van der Waals surface area contributed by atoms with Gasteiger partial charge in [-0.2, -0.15) is 0 Å². The minimum atomic E-state index is -0.606. The van der Waals surface area contributed by atoms with Crippen LogP contribution in [0.3, 0.4) is 0 Å². The van der Waals surface area contributed by atoms with Gasteiger partial charge in [0.25, 0.3) is 0 Å². The van der Waals surface area contributed by atoms with E-state index in [-0.39, 0.29) is 11.1 Å². The fourth-order valence-electron chi connectivity index (χ4n) is 1.91. The molecule has 4 nitrogen and oxygen atoms in total. The number of halogens is 2. The highest BCUT2D eigenvalue weighted by Crippen LogP contribution is 2.24. The van der Waals surface area contributed by atoms with E-state index in [9.17, 15) is 9.18 Å². The first-order chi connectivity index (χ1) is 9.95. The lowest BCUT2D eigenvalue weighted by Crippen LogP contribution is -2.19. The topological polar surface area (TPSA) is 67.2 Å². The van der Waals surface area contributed by atoms with Crippen LogP contribution in [0.2, 0.25) is 5.02 Å². The molecule has 0 saturated carbocycles. The summed E-state index contributed by atoms with van der Waals surface area (Å²) < 4.78 is 13.1. The molecule has 4 N–H and O–H groups in total. The highest BCUT2D eigenvalue weighted by atomic mass is 35.5. The van der Waals surface area contributed by atoms with Gasteiger partial charge in [-0.15, -0.1) is 0 Å². The van der Waals surface area contributed by atoms with Crippen LogP contribution in [0.25, 0.3) is 0 Å². The quantitative estimate of drug-likeness (QED) is 0.794. The number of carbonyl (C=O) groups excluding carboxylic acids is 1. The second-order valence-electron chi connectivity index (χ2n) is 4.61. The maximum absolute atomic E-state index is 13.1. The highest BCUT2D eigenvalue weighted by Gasteiger charge is 2.08. The van der Waals surface area contributed by atoms with Gasteiger partial charge in [0.15, 0.2) is 0 Å². The van der Waals surface area contributed by atoms with E-state index in [1.54, 1.807) is 24.3 Å². The number of carbonyl (C=O) groups is 1. The lowest BCUT2D eigenvalue weighted by atomic mass is 10.1. The SMILES string of the molecule is CC(Nc1ccc(NC(N)=O)cc1)c1ccc(F)c(Cl)c1. The first-order valence-electron chi connectivity index (χ1n) is 6.33. The third-order valence-corrected chi connectivity index (χ3v) is 3.27. The second-order valence-corrected chi connectivity index (χ2v) is 5.01. The van der Waals surface area contributed by atoms with Gasteiger partial charge in [0.1, 0.15) is 5.82 Å². The molecule has 0 bridgehead atoms. The molecule has 6 heteroatoms. The molecule has 0 heterocycles. The number of amides is 2. The van der Waals surface area contributed by atoms with Gasteiger partial charge in [-0.1, -0.05) is 17.7 Å². The molecular weight excluding hydrogens is 293 g/mol. The Hall–Kier alpha value is -2.27. The van der Waals surface area contributed by atoms with Gasteiger partial charge >= 0.3 is 6.03 Å². The fraction of sp³-hybridized carbons (Fsp3) is 0.133. The molecular formula is C15H15ClFN3O. The maximum Gasteiger partial charge on any atom is 0.316 e. The van der Waals surface area contributed by atoms with Crippen LogP contribution in [0.4, 0.5) is 20.6 Å². The molecule has 110 valence electrons. The molecule has 0 aromatic heterocycles. The van der Waals surface area contributed by atoms with E-state index in [1.807, 2.05) is 19.1 Å². The van der Waals surface area contributed by atoms with Crippen molar-refractivity contribution in [1.29, 1.82) is 0 Å². The minimum absolute atomic E-state index is 0.0435. The highest BCUT2D eigenvalue weighted by molar-refractivity contribution is 6.30. The molecule has 0 radical (unpaired) electrons. The molecule has 1 atom stereocenters. The number of urea groups is 1. The number of anilines is 2. The lowest BCUT2D eigenvalue weighted by Gasteiger charge is -2.16. The summed E-state index contributed by atoms with van der Waals surface area (Å²) in [5.41, 5.74) is 7.39. The van der Waals surface area contributed by atoms with E-state index in [1.165, 1.54) is 6.07 Å². The van der Waals surface area contributed by atoms with Gasteiger partial charge in [0.2, 0.25) is 0 Å². The Morgan fingerprint density at radius 2 is 1.81 bits per heavy atom. The Morgan fingerprint density at radius 3 is 2.38 bits per heavy atom. The number of nitrogens with one attached hydrogen (secondary N) is 2. The van der Waals surface area contributed by atoms with E-state index >= 15 is 0 Å². The number of hydrogen-bond acceptors (Lipinski definition) is 2. The Bertz CT molecular complexity index is 646. The molecule has 0 aliphatic carbocycles. The maximum atomic E-state index is 13.1. The molecule has 0 aliphatic heterocycles. The first-order valence-corrected chi connectivity index (χ1v) is 6.71. The Kier molecular flexibility index (Phi) is 4.65. The summed E-state index contributed by atoms with van der Waals surface area (Å²) in [5.74, 6) is -0.436. The summed E-state index contributed by atoms with van der Waals surface area (Å²) in [6.45, 7) is 1.94. The predicted molar refractivity (Wildman–Crippen MR) is 83.1 cm³/mol. The van der Waals surface area contributed by atoms with Gasteiger partial charge in [-0.3, -0.25) is 0 Å². The monoisotopic (exact) mass is 307 g/mol. The Labute approximate surface area is 127 Å². The van der Waals surface area contributed by atoms with Crippen LogP contribution in [0.15, 0.2) is 42.5 Å². The van der Waals surface area contributed by atoms with E-state index in [0.717, 1.165) is 11.3 Å². The molecule has 2 aromatic carbocycles. The third kappa shape index (κ3) is 4.10. The first kappa shape index (κ1) is 15.1. The van der Waals surface area contributed by atoms with Crippen LogP contribution < -0.4 is 16.4 Å². The van der Waals surface area contributed by atoms with Crippen LogP contribution in [0.1, 0.15) is 18.5 Å². The van der Waals surface area contributed by atoms with Crippen molar-refractivity contribution >= 4 is 29.0 Å². The number of primary amides is 1. The molecule has 0 spiro atoms. The average Bonchev–Trinajstić information content (AvgIpc) is 2.43. The van der Waals surface area contributed by atoms with Crippen LogP contribution in [-0.2, 0) is 0 Å². The predicted octanol–water partition coefficient (Wildman–Crippen LogP) is 4.14. The number of nitrogens with two attached hydrogens (primary N) is 1. The largest absolute Gasteiger partial charge is 0.379 e. The number of benzene rings is 2. The fourth-order valence-corrected chi connectivity index (χ4v) is 2.10. The molecule has 2 rings (SSSR count). The van der Waals surface area contributed by atoms with Gasteiger partial charge in [0.05, 0.1) is 5.02 Å². The lowest BCUT2D eigenvalue weighted by molar-refractivity contribution is 0.259. The Balaban J connectivity index is 2.06. The Morgan fingerprint density at radius 1 is 1.19 bits per heavy atom. The van der Waals surface area contributed by atoms with Crippen LogP contribution in [0, 0.1) is 5.82 Å². The number of hydrogen-bond donors (Lipinski definition) is 3. The van der Waals surface area contributed by atoms with Crippen LogP contribution in [0.5, 0.6) is 0 Å². The van der Waals surface area contributed by atoms with Gasteiger partial charge < -0.3 is 16.4 Å². The van der Waals surface area contributed by atoms with Crippen molar-refractivity contribution in [3.05, 3.63) is 58.9 Å². The van der Waals surface area contributed by atoms with Crippen molar-refractivity contribution in [3.63, 3.8) is 0 Å². The zero-order valence-corrected chi connectivity index (χ0v) is 12.1. The molecule has 0 fully saturated rings. The average molecular weight is 308 g/mol. The standard InChI is InChI=1S/C15H15ClFN3O/c1-9(10-2-7-14(17)13(16)8-10)19-11-3-5-12(6-4-11)20-15(18)21/h2-9,19H,1H3,(H3,18,20,21). The summed E-state index contributed by atoms with van der Waals surface area (Å²) in [6, 6.07) is 11.1. The van der Waals surface area contributed by atoms with Crippen molar-refractivity contribution < 1.29 is 9.18 Å². The van der Waals surface area contributed by atoms with E-state index in [4.69, 9.17) is 17.3 Å². The summed E-state index contributed by atoms with van der Waals surface area (Å²) in [5, 5.41) is 5.84. The smallest absolute Gasteiger partial charge is 0.316 e. The van der Waals surface area contributed by atoms with Crippen molar-refractivity contribution in [2.75, 3.05) is 10.6 Å². The van der Waals surface area contributed by atoms with Gasteiger partial charge in [-0.05, 0) is 48.9 Å². The molecule has 0 aliphatic rings. The summed E-state index contributed by atoms with van der Waals surface area (Å²) in [4.78, 5) is 10.7. The van der Waals surface area contributed by atoms with Crippen LogP contribution >= 0.6 is 11.6 Å². The van der Waals surface area contributed by atoms with Crippen molar-refractivity contribution in [1.82, 2.24) is 0 Å². The number of rotatable bonds is 4. The second kappa shape index (κ2) is 6.45. The third-order valence-electron chi connectivity index (χ3n) is 2.98. The van der Waals surface area contributed by atoms with Gasteiger partial charge in [0, 0.05) is 17.4 Å². The van der Waals surface area contributed by atoms with E-state index in [2.05, 4.69) is 10.6 Å². The molecule has 21 heavy (non-hydrogen) atoms.